The lowest BCUT2D eigenvalue weighted by Crippen LogP contribution is -2.53. The van der Waals surface area contributed by atoms with Gasteiger partial charge < -0.3 is 14.4 Å². The molecule has 1 fully saturated rings. The van der Waals surface area contributed by atoms with Gasteiger partial charge in [-0.15, -0.1) is 0 Å². The van der Waals surface area contributed by atoms with E-state index in [1.807, 2.05) is 25.7 Å². The van der Waals surface area contributed by atoms with Crippen molar-refractivity contribution in [3.05, 3.63) is 23.8 Å². The maximum absolute atomic E-state index is 12.5. The van der Waals surface area contributed by atoms with Gasteiger partial charge in [0.25, 0.3) is 0 Å². The number of benzene rings is 1. The first kappa shape index (κ1) is 16.8. The van der Waals surface area contributed by atoms with Crippen molar-refractivity contribution in [3.63, 3.8) is 0 Å². The van der Waals surface area contributed by atoms with Crippen LogP contribution in [0.5, 0.6) is 11.5 Å². The molecule has 0 N–H and O–H groups in total. The second-order valence-electron chi connectivity index (χ2n) is 7.79. The number of fused-ring (bicyclic) bond motifs is 1. The molecule has 130 valence electrons. The highest BCUT2D eigenvalue weighted by Gasteiger charge is 2.44. The summed E-state index contributed by atoms with van der Waals surface area (Å²) in [6, 6.07) is 5.32. The van der Waals surface area contributed by atoms with Crippen LogP contribution in [-0.4, -0.2) is 42.4 Å². The van der Waals surface area contributed by atoms with Crippen molar-refractivity contribution in [2.24, 2.45) is 5.41 Å². The molecule has 2 aliphatic heterocycles. The second-order valence-corrected chi connectivity index (χ2v) is 7.79. The molecule has 0 atom stereocenters. The van der Waals surface area contributed by atoms with Crippen LogP contribution in [0.25, 0.3) is 0 Å². The van der Waals surface area contributed by atoms with Crippen LogP contribution >= 0.6 is 0 Å². The largest absolute Gasteiger partial charge is 0.497 e. The van der Waals surface area contributed by atoms with Crippen molar-refractivity contribution in [1.29, 1.82) is 0 Å². The standard InChI is InChI=1S/C19H25NO4/c1-18(2,3)17(22)20-9-7-19(8-10-20)12-15(21)14-6-5-13(23-4)11-16(14)24-19/h5-6,11H,7-10,12H2,1-4H3. The average molecular weight is 331 g/mol. The van der Waals surface area contributed by atoms with Gasteiger partial charge in [0.05, 0.1) is 19.1 Å². The van der Waals surface area contributed by atoms with Crippen LogP contribution in [0.4, 0.5) is 0 Å². The zero-order valence-corrected chi connectivity index (χ0v) is 14.8. The van der Waals surface area contributed by atoms with E-state index in [0.29, 0.717) is 49.4 Å². The molecule has 1 spiro atoms. The van der Waals surface area contributed by atoms with Crippen molar-refractivity contribution in [3.8, 4) is 11.5 Å². The van der Waals surface area contributed by atoms with E-state index in [0.717, 1.165) is 0 Å². The van der Waals surface area contributed by atoms with Crippen LogP contribution in [-0.2, 0) is 4.79 Å². The number of ether oxygens (including phenoxy) is 2. The Morgan fingerprint density at radius 3 is 2.50 bits per heavy atom. The Balaban J connectivity index is 1.77. The van der Waals surface area contributed by atoms with Crippen LogP contribution in [0.2, 0.25) is 0 Å². The highest BCUT2D eigenvalue weighted by atomic mass is 16.5. The molecule has 0 bridgehead atoms. The Hall–Kier alpha value is -2.04. The summed E-state index contributed by atoms with van der Waals surface area (Å²) in [7, 11) is 1.60. The van der Waals surface area contributed by atoms with E-state index in [9.17, 15) is 9.59 Å². The molecule has 0 saturated carbocycles. The number of rotatable bonds is 1. The summed E-state index contributed by atoms with van der Waals surface area (Å²) in [6.45, 7) is 7.06. The Labute approximate surface area is 142 Å². The van der Waals surface area contributed by atoms with Crippen LogP contribution in [0.15, 0.2) is 18.2 Å². The Kier molecular flexibility index (Phi) is 4.06. The van der Waals surface area contributed by atoms with Crippen molar-refractivity contribution in [1.82, 2.24) is 4.90 Å². The fourth-order valence-corrected chi connectivity index (χ4v) is 3.47. The molecule has 2 heterocycles. The predicted molar refractivity (Wildman–Crippen MR) is 90.6 cm³/mol. The van der Waals surface area contributed by atoms with Crippen LogP contribution in [0.3, 0.4) is 0 Å². The number of carbonyl (C=O) groups is 2. The summed E-state index contributed by atoms with van der Waals surface area (Å²) in [5.74, 6) is 1.54. The highest BCUT2D eigenvalue weighted by Crippen LogP contribution is 2.41. The van der Waals surface area contributed by atoms with Gasteiger partial charge in [-0.25, -0.2) is 0 Å². The molecule has 0 aromatic heterocycles. The third-order valence-corrected chi connectivity index (χ3v) is 4.90. The van der Waals surface area contributed by atoms with E-state index in [1.165, 1.54) is 0 Å². The minimum Gasteiger partial charge on any atom is -0.497 e. The van der Waals surface area contributed by atoms with Crippen molar-refractivity contribution in [2.45, 2.75) is 45.6 Å². The van der Waals surface area contributed by atoms with E-state index in [-0.39, 0.29) is 17.1 Å². The smallest absolute Gasteiger partial charge is 0.227 e. The molecule has 0 unspecified atom stereocenters. The van der Waals surface area contributed by atoms with E-state index in [2.05, 4.69) is 0 Å². The van der Waals surface area contributed by atoms with E-state index < -0.39 is 5.60 Å². The molecule has 0 radical (unpaired) electrons. The van der Waals surface area contributed by atoms with Gasteiger partial charge in [-0.05, 0) is 12.1 Å². The first-order valence-corrected chi connectivity index (χ1v) is 8.44. The SMILES string of the molecule is COc1ccc2c(c1)OC1(CCN(C(=O)C(C)(C)C)CC1)CC2=O. The number of methoxy groups -OCH3 is 1. The Morgan fingerprint density at radius 2 is 1.92 bits per heavy atom. The number of carbonyl (C=O) groups excluding carboxylic acids is 2. The fourth-order valence-electron chi connectivity index (χ4n) is 3.47. The minimum absolute atomic E-state index is 0.106. The molecule has 1 amide bonds. The molecule has 5 heteroatoms. The Bertz CT molecular complexity index is 666. The summed E-state index contributed by atoms with van der Waals surface area (Å²) in [5.41, 5.74) is -0.256. The van der Waals surface area contributed by atoms with Crippen molar-refractivity contribution in [2.75, 3.05) is 20.2 Å². The fraction of sp³-hybridized carbons (Fsp3) is 0.579. The molecule has 1 aromatic rings. The number of hydrogen-bond donors (Lipinski definition) is 0. The van der Waals surface area contributed by atoms with Gasteiger partial charge in [-0.1, -0.05) is 20.8 Å². The average Bonchev–Trinajstić information content (AvgIpc) is 2.53. The van der Waals surface area contributed by atoms with Crippen molar-refractivity contribution < 1.29 is 19.1 Å². The summed E-state index contributed by atoms with van der Waals surface area (Å²) >= 11 is 0. The zero-order valence-electron chi connectivity index (χ0n) is 14.8. The summed E-state index contributed by atoms with van der Waals surface area (Å²) in [6.07, 6.45) is 1.73. The summed E-state index contributed by atoms with van der Waals surface area (Å²) < 4.78 is 11.5. The van der Waals surface area contributed by atoms with Gasteiger partial charge in [-0.2, -0.15) is 0 Å². The van der Waals surface area contributed by atoms with E-state index in [4.69, 9.17) is 9.47 Å². The van der Waals surface area contributed by atoms with E-state index >= 15 is 0 Å². The number of nitrogens with zero attached hydrogens (tertiary/aromatic N) is 1. The molecule has 3 rings (SSSR count). The lowest BCUT2D eigenvalue weighted by atomic mass is 9.81. The number of Topliss-reactive ketones (excluding diaryl/α,β-unsaturated/α-hetero) is 1. The maximum atomic E-state index is 12.5. The number of amides is 1. The third kappa shape index (κ3) is 2.99. The molecular formula is C19H25NO4. The monoisotopic (exact) mass is 331 g/mol. The number of piperidine rings is 1. The quantitative estimate of drug-likeness (QED) is 0.793. The topological polar surface area (TPSA) is 55.8 Å². The molecule has 1 aromatic carbocycles. The maximum Gasteiger partial charge on any atom is 0.227 e. The lowest BCUT2D eigenvalue weighted by molar-refractivity contribution is -0.143. The van der Waals surface area contributed by atoms with Gasteiger partial charge in [-0.3, -0.25) is 9.59 Å². The van der Waals surface area contributed by atoms with Gasteiger partial charge in [0.2, 0.25) is 5.91 Å². The number of likely N-dealkylation sites (tertiary alicyclic amines) is 1. The molecular weight excluding hydrogens is 306 g/mol. The second kappa shape index (κ2) is 5.80. The molecule has 24 heavy (non-hydrogen) atoms. The van der Waals surface area contributed by atoms with Crippen molar-refractivity contribution >= 4 is 11.7 Å². The number of ketones is 1. The van der Waals surface area contributed by atoms with Gasteiger partial charge >= 0.3 is 0 Å². The summed E-state index contributed by atoms with van der Waals surface area (Å²) in [5, 5.41) is 0. The van der Waals surface area contributed by atoms with Gasteiger partial charge in [0.15, 0.2) is 5.78 Å². The molecule has 2 aliphatic rings. The Morgan fingerprint density at radius 1 is 1.25 bits per heavy atom. The first-order chi connectivity index (χ1) is 11.2. The van der Waals surface area contributed by atoms with E-state index in [1.54, 1.807) is 25.3 Å². The minimum atomic E-state index is -0.495. The highest BCUT2D eigenvalue weighted by molar-refractivity contribution is 6.00. The zero-order chi connectivity index (χ0) is 17.5. The molecule has 0 aliphatic carbocycles. The van der Waals surface area contributed by atoms with Crippen LogP contribution < -0.4 is 9.47 Å². The van der Waals surface area contributed by atoms with Crippen LogP contribution in [0.1, 0.15) is 50.4 Å². The third-order valence-electron chi connectivity index (χ3n) is 4.90. The lowest BCUT2D eigenvalue weighted by Gasteiger charge is -2.45. The predicted octanol–water partition coefficient (Wildman–Crippen LogP) is 3.07. The molecule has 5 nitrogen and oxygen atoms in total. The first-order valence-electron chi connectivity index (χ1n) is 8.44. The van der Waals surface area contributed by atoms with Gasteiger partial charge in [0, 0.05) is 37.4 Å². The summed E-state index contributed by atoms with van der Waals surface area (Å²) in [4.78, 5) is 26.9. The van der Waals surface area contributed by atoms with Crippen LogP contribution in [0, 0.1) is 5.41 Å². The molecule has 1 saturated heterocycles. The number of hydrogen-bond acceptors (Lipinski definition) is 4. The van der Waals surface area contributed by atoms with Gasteiger partial charge in [0.1, 0.15) is 17.1 Å². The normalized spacial score (nSPS) is 19.7.